The Morgan fingerprint density at radius 3 is 2.40 bits per heavy atom. The van der Waals surface area contributed by atoms with E-state index >= 15 is 0 Å². The van der Waals surface area contributed by atoms with Crippen LogP contribution in [0.3, 0.4) is 0 Å². The van der Waals surface area contributed by atoms with E-state index in [0.717, 1.165) is 23.7 Å². The first-order valence-corrected chi connectivity index (χ1v) is 6.93. The van der Waals surface area contributed by atoms with Crippen LogP contribution in [0.2, 0.25) is 0 Å². The fourth-order valence-electron chi connectivity index (χ4n) is 1.98. The molecule has 0 aliphatic rings. The number of anilines is 2. The van der Waals surface area contributed by atoms with Crippen LogP contribution in [0, 0.1) is 0 Å². The van der Waals surface area contributed by atoms with Crippen molar-refractivity contribution in [1.82, 2.24) is 0 Å². The van der Waals surface area contributed by atoms with Gasteiger partial charge >= 0.3 is 0 Å². The van der Waals surface area contributed by atoms with Crippen LogP contribution in [0.25, 0.3) is 0 Å². The highest BCUT2D eigenvalue weighted by Crippen LogP contribution is 2.24. The van der Waals surface area contributed by atoms with Gasteiger partial charge in [-0.2, -0.15) is 0 Å². The number of para-hydroxylation sites is 3. The molecule has 1 N–H and O–H groups in total. The van der Waals surface area contributed by atoms with Crippen molar-refractivity contribution in [3.8, 4) is 5.75 Å². The third-order valence-corrected chi connectivity index (χ3v) is 3.30. The summed E-state index contributed by atoms with van der Waals surface area (Å²) in [7, 11) is 1.65. The molecule has 4 heteroatoms. The lowest BCUT2D eigenvalue weighted by atomic mass is 10.3. The molecule has 0 unspecified atom stereocenters. The molecule has 0 saturated heterocycles. The summed E-state index contributed by atoms with van der Waals surface area (Å²) in [5.74, 6) is 0.777. The van der Waals surface area contributed by atoms with Crippen molar-refractivity contribution < 1.29 is 4.74 Å². The summed E-state index contributed by atoms with van der Waals surface area (Å²) in [5, 5.41) is 3.90. The zero-order chi connectivity index (χ0) is 14.4. The highest BCUT2D eigenvalue weighted by Gasteiger charge is 2.11. The molecule has 2 aromatic rings. The van der Waals surface area contributed by atoms with Gasteiger partial charge in [0.15, 0.2) is 5.11 Å². The maximum atomic E-state index is 5.51. The predicted molar refractivity (Wildman–Crippen MR) is 88.7 cm³/mol. The van der Waals surface area contributed by atoms with Crippen LogP contribution < -0.4 is 15.0 Å². The fourth-order valence-corrected chi connectivity index (χ4v) is 2.33. The number of methoxy groups -OCH3 is 1. The topological polar surface area (TPSA) is 24.5 Å². The second-order valence-electron chi connectivity index (χ2n) is 4.21. The minimum absolute atomic E-state index is 0.656. The standard InChI is InChI=1S/C16H18N2OS/c1-3-18(13-9-5-4-6-10-13)16(20)17-14-11-7-8-12-15(14)19-2/h4-12H,3H2,1-2H3,(H,17,20). The lowest BCUT2D eigenvalue weighted by Crippen LogP contribution is -2.34. The van der Waals surface area contributed by atoms with Gasteiger partial charge in [0.05, 0.1) is 12.8 Å². The molecule has 0 radical (unpaired) electrons. The third kappa shape index (κ3) is 3.27. The molecule has 0 aliphatic heterocycles. The van der Waals surface area contributed by atoms with Gasteiger partial charge in [0.25, 0.3) is 0 Å². The predicted octanol–water partition coefficient (Wildman–Crippen LogP) is 3.92. The third-order valence-electron chi connectivity index (χ3n) is 2.98. The molecule has 0 bridgehead atoms. The van der Waals surface area contributed by atoms with Crippen molar-refractivity contribution in [2.45, 2.75) is 6.92 Å². The Morgan fingerprint density at radius 1 is 1.10 bits per heavy atom. The lowest BCUT2D eigenvalue weighted by Gasteiger charge is -2.25. The van der Waals surface area contributed by atoms with E-state index < -0.39 is 0 Å². The monoisotopic (exact) mass is 286 g/mol. The maximum absolute atomic E-state index is 5.51. The van der Waals surface area contributed by atoms with E-state index in [2.05, 4.69) is 12.2 Å². The van der Waals surface area contributed by atoms with Crippen LogP contribution in [0.15, 0.2) is 54.6 Å². The van der Waals surface area contributed by atoms with Crippen LogP contribution in [-0.2, 0) is 0 Å². The molecule has 20 heavy (non-hydrogen) atoms. The summed E-state index contributed by atoms with van der Waals surface area (Å²) in [4.78, 5) is 2.04. The van der Waals surface area contributed by atoms with E-state index in [-0.39, 0.29) is 0 Å². The van der Waals surface area contributed by atoms with Gasteiger partial charge in [0, 0.05) is 12.2 Å². The molecule has 104 valence electrons. The summed E-state index contributed by atoms with van der Waals surface area (Å²) < 4.78 is 5.32. The molecule has 2 aromatic carbocycles. The molecule has 0 amide bonds. The van der Waals surface area contributed by atoms with Gasteiger partial charge in [-0.05, 0) is 43.4 Å². The Bertz CT molecular complexity index is 572. The second-order valence-corrected chi connectivity index (χ2v) is 4.60. The average Bonchev–Trinajstić information content (AvgIpc) is 2.49. The van der Waals surface area contributed by atoms with Crippen molar-refractivity contribution in [3.63, 3.8) is 0 Å². The minimum Gasteiger partial charge on any atom is -0.495 e. The van der Waals surface area contributed by atoms with Gasteiger partial charge in [-0.1, -0.05) is 30.3 Å². The smallest absolute Gasteiger partial charge is 0.178 e. The van der Waals surface area contributed by atoms with Gasteiger partial charge in [0.1, 0.15) is 5.75 Å². The fraction of sp³-hybridized carbons (Fsp3) is 0.188. The molecular formula is C16H18N2OS. The molecule has 0 saturated carbocycles. The Morgan fingerprint density at radius 2 is 1.75 bits per heavy atom. The van der Waals surface area contributed by atoms with E-state index in [0.29, 0.717) is 5.11 Å². The molecule has 0 aliphatic carbocycles. The van der Waals surface area contributed by atoms with Gasteiger partial charge in [-0.15, -0.1) is 0 Å². The number of hydrogen-bond donors (Lipinski definition) is 1. The molecule has 0 heterocycles. The van der Waals surface area contributed by atoms with E-state index in [1.54, 1.807) is 7.11 Å². The zero-order valence-electron chi connectivity index (χ0n) is 11.7. The van der Waals surface area contributed by atoms with Crippen molar-refractivity contribution in [2.24, 2.45) is 0 Å². The quantitative estimate of drug-likeness (QED) is 0.861. The summed E-state index contributed by atoms with van der Waals surface area (Å²) in [5.41, 5.74) is 1.94. The van der Waals surface area contributed by atoms with Crippen LogP contribution >= 0.6 is 12.2 Å². The Hall–Kier alpha value is -2.07. The minimum atomic E-state index is 0.656. The molecule has 0 fully saturated rings. The van der Waals surface area contributed by atoms with Crippen LogP contribution in [0.1, 0.15) is 6.92 Å². The van der Waals surface area contributed by atoms with E-state index in [9.17, 15) is 0 Å². The summed E-state index contributed by atoms with van der Waals surface area (Å²) in [6.07, 6.45) is 0. The second kappa shape index (κ2) is 6.91. The first-order chi connectivity index (χ1) is 9.76. The largest absolute Gasteiger partial charge is 0.495 e. The Kier molecular flexibility index (Phi) is 4.96. The summed E-state index contributed by atoms with van der Waals surface area (Å²) >= 11 is 5.51. The molecular weight excluding hydrogens is 268 g/mol. The average molecular weight is 286 g/mol. The number of hydrogen-bond acceptors (Lipinski definition) is 2. The van der Waals surface area contributed by atoms with Crippen molar-refractivity contribution in [2.75, 3.05) is 23.9 Å². The van der Waals surface area contributed by atoms with E-state index in [1.807, 2.05) is 59.5 Å². The van der Waals surface area contributed by atoms with E-state index in [4.69, 9.17) is 17.0 Å². The maximum Gasteiger partial charge on any atom is 0.178 e. The summed E-state index contributed by atoms with van der Waals surface area (Å²) in [6, 6.07) is 17.8. The normalized spacial score (nSPS) is 9.90. The highest BCUT2D eigenvalue weighted by atomic mass is 32.1. The number of thiocarbonyl (C=S) groups is 1. The van der Waals surface area contributed by atoms with Gasteiger partial charge in [0.2, 0.25) is 0 Å². The van der Waals surface area contributed by atoms with Crippen molar-refractivity contribution >= 4 is 28.7 Å². The van der Waals surface area contributed by atoms with Crippen molar-refractivity contribution in [1.29, 1.82) is 0 Å². The van der Waals surface area contributed by atoms with Gasteiger partial charge in [-0.3, -0.25) is 0 Å². The Labute approximate surface area is 125 Å². The molecule has 0 atom stereocenters. The number of nitrogens with zero attached hydrogens (tertiary/aromatic N) is 1. The van der Waals surface area contributed by atoms with Crippen LogP contribution in [0.4, 0.5) is 11.4 Å². The number of rotatable bonds is 4. The Balaban J connectivity index is 2.18. The molecule has 3 nitrogen and oxygen atoms in total. The van der Waals surface area contributed by atoms with Crippen molar-refractivity contribution in [3.05, 3.63) is 54.6 Å². The zero-order valence-corrected chi connectivity index (χ0v) is 12.5. The van der Waals surface area contributed by atoms with E-state index in [1.165, 1.54) is 0 Å². The summed E-state index contributed by atoms with van der Waals surface area (Å²) in [6.45, 7) is 2.87. The molecule has 2 rings (SSSR count). The van der Waals surface area contributed by atoms with Crippen LogP contribution in [-0.4, -0.2) is 18.8 Å². The first kappa shape index (κ1) is 14.3. The van der Waals surface area contributed by atoms with Gasteiger partial charge in [-0.25, -0.2) is 0 Å². The number of ether oxygens (including phenoxy) is 1. The van der Waals surface area contributed by atoms with Gasteiger partial charge < -0.3 is 15.0 Å². The highest BCUT2D eigenvalue weighted by molar-refractivity contribution is 7.80. The number of benzene rings is 2. The number of nitrogens with one attached hydrogen (secondary N) is 1. The molecule has 0 aromatic heterocycles. The lowest BCUT2D eigenvalue weighted by molar-refractivity contribution is 0.417. The SMILES string of the molecule is CCN(C(=S)Nc1ccccc1OC)c1ccccc1. The molecule has 0 spiro atoms. The van der Waals surface area contributed by atoms with Crippen LogP contribution in [0.5, 0.6) is 5.75 Å². The first-order valence-electron chi connectivity index (χ1n) is 6.53.